The van der Waals surface area contributed by atoms with E-state index in [9.17, 15) is 0 Å². The van der Waals surface area contributed by atoms with Gasteiger partial charge in [-0.2, -0.15) is 0 Å². The summed E-state index contributed by atoms with van der Waals surface area (Å²) in [5.74, 6) is 0. The normalized spacial score (nSPS) is 12.6. The van der Waals surface area contributed by atoms with Gasteiger partial charge in [0.15, 0.2) is 0 Å². The number of hydrogen-bond donors (Lipinski definition) is 0. The van der Waals surface area contributed by atoms with Crippen molar-refractivity contribution in [2.45, 2.75) is 17.8 Å². The molecule has 0 saturated carbocycles. The van der Waals surface area contributed by atoms with Gasteiger partial charge in [-0.25, -0.2) is 0 Å². The van der Waals surface area contributed by atoms with Gasteiger partial charge in [-0.3, -0.25) is 0 Å². The van der Waals surface area contributed by atoms with E-state index < -0.39 is 10.8 Å². The predicted molar refractivity (Wildman–Crippen MR) is 617 cm³/mol. The van der Waals surface area contributed by atoms with E-state index in [4.69, 9.17) is 0 Å². The average molecular weight is 1810 g/mol. The maximum absolute atomic E-state index is 2.61. The fourth-order valence-corrected chi connectivity index (χ4v) is 25.7. The van der Waals surface area contributed by atoms with Crippen LogP contribution >= 0.6 is 0 Å². The molecule has 4 heteroatoms. The summed E-state index contributed by atoms with van der Waals surface area (Å²) in [6.07, 6.45) is 0. The Hall–Kier alpha value is -17.4. The third kappa shape index (κ3) is 13.9. The van der Waals surface area contributed by atoms with Crippen LogP contribution in [-0.4, -0.2) is 26.9 Å². The van der Waals surface area contributed by atoms with Crippen molar-refractivity contribution in [2.75, 3.05) is 0 Å². The lowest BCUT2D eigenvalue weighted by Gasteiger charge is -2.36. The third-order valence-electron chi connectivity index (χ3n) is 31.9. The first-order valence-corrected chi connectivity index (χ1v) is 50.4. The molecule has 0 N–H and O–H groups in total. The van der Waals surface area contributed by atoms with Crippen LogP contribution in [0.1, 0.15) is 50.1 Å². The Labute approximate surface area is 835 Å². The van der Waals surface area contributed by atoms with Crippen LogP contribution in [-0.2, 0) is 10.8 Å². The van der Waals surface area contributed by atoms with Gasteiger partial charge in [-0.1, -0.05) is 623 Å². The van der Waals surface area contributed by atoms with Gasteiger partial charge >= 0.3 is 0 Å². The SMILES string of the molecule is Cc1ccc(C2(c3cccc4ccccc34)c3cc(B(c4cccc5ccccc45)c4cccc5ccccc45)ccc3-c3ccc(B(c4cccc5ccccc45)c4cccc5ccccc45)cc32)cc1.c1ccc(C2(c3cccc4ccccc34)c3cc(B(c4cccc5ccccc45)c4cccc5ccccc45)ccc3-c3ccc(B(c4cccc5ccccc45)c4cccc5ccccc45)cc32)cc1. The minimum Gasteiger partial charge on any atom is -0.0682 e. The van der Waals surface area contributed by atoms with Crippen molar-refractivity contribution in [3.05, 3.63) is 602 Å². The molecule has 0 nitrogen and oxygen atoms in total. The lowest BCUT2D eigenvalue weighted by atomic mass is 9.35. The molecule has 143 heavy (non-hydrogen) atoms. The quantitative estimate of drug-likeness (QED) is 0.0846. The molecular weight excluding hydrogens is 1710 g/mol. The second kappa shape index (κ2) is 35.2. The third-order valence-corrected chi connectivity index (χ3v) is 31.9. The summed E-state index contributed by atoms with van der Waals surface area (Å²) in [6.45, 7) is 1.98. The van der Waals surface area contributed by atoms with Gasteiger partial charge in [-0.15, -0.1) is 0 Å². The fourth-order valence-electron chi connectivity index (χ4n) is 25.7. The summed E-state index contributed by atoms with van der Waals surface area (Å²) in [5, 5.41) is 25.2. The molecule has 26 aromatic rings. The molecule has 0 saturated heterocycles. The van der Waals surface area contributed by atoms with E-state index in [0.29, 0.717) is 0 Å². The van der Waals surface area contributed by atoms with E-state index in [1.54, 1.807) is 0 Å². The Morgan fingerprint density at radius 3 is 0.531 bits per heavy atom. The molecule has 0 bridgehead atoms. The molecule has 26 aromatic carbocycles. The van der Waals surface area contributed by atoms with Crippen molar-refractivity contribution in [3.63, 3.8) is 0 Å². The second-order valence-electron chi connectivity index (χ2n) is 39.3. The molecule has 0 radical (unpaired) electrons. The Bertz CT molecular complexity index is 8780. The number of fused-ring (bicyclic) bond motifs is 16. The molecule has 0 fully saturated rings. The molecule has 2 aliphatic rings. The van der Waals surface area contributed by atoms with Crippen LogP contribution < -0.4 is 65.6 Å². The van der Waals surface area contributed by atoms with E-state index in [2.05, 4.69) is 559 Å². The highest BCUT2D eigenvalue weighted by molar-refractivity contribution is 7.00. The van der Waals surface area contributed by atoms with Crippen LogP contribution in [0.15, 0.2) is 552 Å². The van der Waals surface area contributed by atoms with Gasteiger partial charge in [0, 0.05) is 0 Å². The molecular formula is C139H94B4. The van der Waals surface area contributed by atoms with Gasteiger partial charge in [-0.05, 0) is 181 Å². The van der Waals surface area contributed by atoms with Crippen LogP contribution in [0.2, 0.25) is 0 Å². The largest absolute Gasteiger partial charge is 0.242 e. The zero-order valence-corrected chi connectivity index (χ0v) is 79.3. The van der Waals surface area contributed by atoms with E-state index in [1.807, 2.05) is 0 Å². The molecule has 2 aliphatic carbocycles. The lowest BCUT2D eigenvalue weighted by Crippen LogP contribution is -2.53. The summed E-state index contributed by atoms with van der Waals surface area (Å²) >= 11 is 0. The van der Waals surface area contributed by atoms with E-state index in [-0.39, 0.29) is 26.9 Å². The van der Waals surface area contributed by atoms with Crippen molar-refractivity contribution in [2.24, 2.45) is 0 Å². The van der Waals surface area contributed by atoms with Crippen LogP contribution in [0.25, 0.3) is 130 Å². The van der Waals surface area contributed by atoms with Crippen molar-refractivity contribution in [1.29, 1.82) is 0 Å². The average Bonchev–Trinajstić information content (AvgIpc) is 1.53. The number of rotatable bonds is 16. The number of benzene rings is 26. The minimum absolute atomic E-state index is 0.0557. The summed E-state index contributed by atoms with van der Waals surface area (Å²) in [6, 6.07) is 209. The maximum Gasteiger partial charge on any atom is 0.242 e. The molecule has 0 spiro atoms. The Morgan fingerprint density at radius 1 is 0.133 bits per heavy atom. The van der Waals surface area contributed by atoms with Gasteiger partial charge in [0.2, 0.25) is 26.9 Å². The van der Waals surface area contributed by atoms with Crippen LogP contribution in [0.4, 0.5) is 0 Å². The predicted octanol–water partition coefficient (Wildman–Crippen LogP) is 26.0. The van der Waals surface area contributed by atoms with Crippen LogP contribution in [0.5, 0.6) is 0 Å². The van der Waals surface area contributed by atoms with Gasteiger partial charge in [0.25, 0.3) is 0 Å². The standard InChI is InChI=1S/C70H48B2.C69H46B2/c1-47-37-39-53(40-38-47)70(63-32-12-22-48-17-2-7-27-56(48)63)64-45-54(71(66-33-13-23-49-18-3-8-28-57(49)66)67-34-14-24-50-19-4-9-29-58(50)67)41-43-61(64)62-44-42-55(46-65(62)70)72(68-35-15-25-51-20-5-10-30-59(51)68)69-36-16-26-52-21-6-11-31-60(52)69;1-2-29-52(30-3-1)69(62-36-14-24-47-19-4-9-31-55(47)62)63-45-53(70(65-37-15-25-48-20-5-10-32-56(48)65)66-38-16-26-49-21-6-11-33-57(49)66)41-43-60(63)61-44-42-54(46-64(61)69)71(67-39-17-27-50-22-7-12-34-58(50)67)68-40-18-28-51-23-8-13-35-59(51)68/h2-46H,1H3;1-46H. The van der Waals surface area contributed by atoms with Crippen molar-refractivity contribution in [1.82, 2.24) is 0 Å². The van der Waals surface area contributed by atoms with Crippen molar-refractivity contribution in [3.8, 4) is 22.3 Å². The monoisotopic (exact) mass is 1810 g/mol. The fraction of sp³-hybridized carbons (Fsp3) is 0.0216. The first-order chi connectivity index (χ1) is 70.9. The van der Waals surface area contributed by atoms with E-state index >= 15 is 0 Å². The summed E-state index contributed by atoms with van der Waals surface area (Å²) < 4.78 is 0. The van der Waals surface area contributed by atoms with Crippen LogP contribution in [0.3, 0.4) is 0 Å². The topological polar surface area (TPSA) is 0 Å². The molecule has 662 valence electrons. The first kappa shape index (κ1) is 84.8. The molecule has 0 atom stereocenters. The van der Waals surface area contributed by atoms with Crippen molar-refractivity contribution < 1.29 is 0 Å². The summed E-state index contributed by atoms with van der Waals surface area (Å²) in [5.41, 5.74) is 30.8. The molecule has 0 aliphatic heterocycles. The minimum atomic E-state index is -0.699. The molecule has 0 amide bonds. The Balaban J connectivity index is 0.000000143. The summed E-state index contributed by atoms with van der Waals surface area (Å²) in [4.78, 5) is 0. The van der Waals surface area contributed by atoms with Gasteiger partial charge in [0.05, 0.1) is 10.8 Å². The molecule has 0 heterocycles. The molecule has 0 aromatic heterocycles. The zero-order valence-electron chi connectivity index (χ0n) is 79.3. The molecule has 0 unspecified atom stereocenters. The van der Waals surface area contributed by atoms with Crippen molar-refractivity contribution >= 4 is 200 Å². The highest BCUT2D eigenvalue weighted by atomic mass is 14.5. The second-order valence-corrected chi connectivity index (χ2v) is 39.3. The maximum atomic E-state index is 2.61. The first-order valence-electron chi connectivity index (χ1n) is 50.4. The highest BCUT2D eigenvalue weighted by Crippen LogP contribution is 2.59. The smallest absolute Gasteiger partial charge is 0.0682 e. The molecule has 28 rings (SSSR count). The van der Waals surface area contributed by atoms with E-state index in [1.165, 1.54) is 246 Å². The number of hydrogen-bond acceptors (Lipinski definition) is 0. The number of aryl methyl sites for hydroxylation is 1. The summed E-state index contributed by atoms with van der Waals surface area (Å²) in [7, 11) is 0. The van der Waals surface area contributed by atoms with Crippen LogP contribution in [0, 0.1) is 6.92 Å². The Morgan fingerprint density at radius 2 is 0.308 bits per heavy atom. The van der Waals surface area contributed by atoms with E-state index in [0.717, 1.165) is 0 Å². The zero-order chi connectivity index (χ0) is 94.6. The Kier molecular flexibility index (Phi) is 20.9. The van der Waals surface area contributed by atoms with Gasteiger partial charge in [0.1, 0.15) is 0 Å². The highest BCUT2D eigenvalue weighted by Gasteiger charge is 2.51. The van der Waals surface area contributed by atoms with Gasteiger partial charge < -0.3 is 0 Å². The lowest BCUT2D eigenvalue weighted by molar-refractivity contribution is 0.777.